The number of esters is 1. The molecule has 1 unspecified atom stereocenters. The molecule has 1 rings (SSSR count). The van der Waals surface area contributed by atoms with Crippen LogP contribution in [0.3, 0.4) is 0 Å². The van der Waals surface area contributed by atoms with Crippen LogP contribution in [0.2, 0.25) is 0 Å². The van der Waals surface area contributed by atoms with Gasteiger partial charge in [-0.15, -0.1) is 0 Å². The number of urea groups is 1. The molecule has 3 amide bonds. The zero-order valence-corrected chi connectivity index (χ0v) is 11.8. The van der Waals surface area contributed by atoms with Crippen LogP contribution in [0.5, 0.6) is 11.5 Å². The normalized spacial score (nSPS) is 11.2. The van der Waals surface area contributed by atoms with Crippen molar-refractivity contribution in [1.29, 1.82) is 0 Å². The molecule has 1 atom stereocenters. The van der Waals surface area contributed by atoms with Gasteiger partial charge in [-0.05, 0) is 19.1 Å². The molecule has 0 saturated heterocycles. The fourth-order valence-electron chi connectivity index (χ4n) is 1.43. The van der Waals surface area contributed by atoms with Crippen LogP contribution in [-0.4, -0.2) is 38.2 Å². The molecule has 8 heteroatoms. The number of primary amides is 1. The molecule has 0 aliphatic rings. The summed E-state index contributed by atoms with van der Waals surface area (Å²) in [5, 5.41) is 1.82. The Morgan fingerprint density at radius 2 is 1.62 bits per heavy atom. The molecule has 21 heavy (non-hydrogen) atoms. The molecule has 0 heterocycles. The predicted octanol–water partition coefficient (Wildman–Crippen LogP) is 0.444. The number of methoxy groups -OCH3 is 2. The maximum atomic E-state index is 12.0. The molecule has 3 N–H and O–H groups in total. The van der Waals surface area contributed by atoms with Crippen LogP contribution in [0.4, 0.5) is 4.79 Å². The quantitative estimate of drug-likeness (QED) is 0.762. The summed E-state index contributed by atoms with van der Waals surface area (Å²) < 4.78 is 15.0. The van der Waals surface area contributed by atoms with Gasteiger partial charge in [0, 0.05) is 6.07 Å². The zero-order valence-electron chi connectivity index (χ0n) is 11.8. The topological polar surface area (TPSA) is 117 Å². The predicted molar refractivity (Wildman–Crippen MR) is 72.1 cm³/mol. The lowest BCUT2D eigenvalue weighted by Gasteiger charge is -2.13. The van der Waals surface area contributed by atoms with Crippen molar-refractivity contribution in [3.63, 3.8) is 0 Å². The van der Waals surface area contributed by atoms with Crippen molar-refractivity contribution in [2.75, 3.05) is 14.2 Å². The summed E-state index contributed by atoms with van der Waals surface area (Å²) in [6.45, 7) is 1.31. The highest BCUT2D eigenvalue weighted by atomic mass is 16.5. The first-order chi connectivity index (χ1) is 9.87. The number of hydrogen-bond donors (Lipinski definition) is 2. The molecule has 0 radical (unpaired) electrons. The SMILES string of the molecule is COc1cc(OC)cc(C(=O)OC(C)C(=O)NC(N)=O)c1. The standard InChI is InChI=1S/C13H16N2O6/c1-7(11(16)15-13(14)18)21-12(17)8-4-9(19-2)6-10(5-8)20-3/h4-7H,1-3H3,(H3,14,15,16,18). The van der Waals surface area contributed by atoms with Crippen molar-refractivity contribution in [3.05, 3.63) is 23.8 Å². The van der Waals surface area contributed by atoms with Gasteiger partial charge in [0.15, 0.2) is 6.10 Å². The Bertz CT molecular complexity index is 535. The molecule has 0 fully saturated rings. The van der Waals surface area contributed by atoms with Gasteiger partial charge < -0.3 is 19.9 Å². The lowest BCUT2D eigenvalue weighted by atomic mass is 10.2. The number of carbonyl (C=O) groups is 3. The highest BCUT2D eigenvalue weighted by Gasteiger charge is 2.20. The van der Waals surface area contributed by atoms with E-state index in [1.807, 2.05) is 5.32 Å². The smallest absolute Gasteiger partial charge is 0.339 e. The average molecular weight is 296 g/mol. The minimum absolute atomic E-state index is 0.143. The minimum atomic E-state index is -1.18. The Kier molecular flexibility index (Phi) is 5.53. The van der Waals surface area contributed by atoms with E-state index in [-0.39, 0.29) is 5.56 Å². The lowest BCUT2D eigenvalue weighted by Crippen LogP contribution is -2.42. The first kappa shape index (κ1) is 16.3. The lowest BCUT2D eigenvalue weighted by molar-refractivity contribution is -0.127. The monoisotopic (exact) mass is 296 g/mol. The number of benzene rings is 1. The second-order valence-electron chi connectivity index (χ2n) is 4.00. The number of ether oxygens (including phenoxy) is 3. The third-order valence-corrected chi connectivity index (χ3v) is 2.49. The summed E-state index contributed by atoms with van der Waals surface area (Å²) in [4.78, 5) is 33.9. The van der Waals surface area contributed by atoms with Crippen LogP contribution in [-0.2, 0) is 9.53 Å². The first-order valence-corrected chi connectivity index (χ1v) is 5.91. The van der Waals surface area contributed by atoms with Crippen LogP contribution in [0.1, 0.15) is 17.3 Å². The van der Waals surface area contributed by atoms with Crippen molar-refractivity contribution in [3.8, 4) is 11.5 Å². The van der Waals surface area contributed by atoms with Crippen molar-refractivity contribution in [1.82, 2.24) is 5.32 Å². The van der Waals surface area contributed by atoms with Gasteiger partial charge >= 0.3 is 12.0 Å². The van der Waals surface area contributed by atoms with Gasteiger partial charge in [-0.3, -0.25) is 10.1 Å². The Balaban J connectivity index is 2.84. The number of nitrogens with two attached hydrogens (primary N) is 1. The third-order valence-electron chi connectivity index (χ3n) is 2.49. The summed E-state index contributed by atoms with van der Waals surface area (Å²) in [6, 6.07) is 3.43. The Morgan fingerprint density at radius 1 is 1.10 bits per heavy atom. The molecule has 1 aromatic rings. The van der Waals surface area contributed by atoms with E-state index in [1.165, 1.54) is 33.3 Å². The molecule has 0 saturated carbocycles. The third kappa shape index (κ3) is 4.68. The highest BCUT2D eigenvalue weighted by Crippen LogP contribution is 2.23. The summed E-state index contributed by atoms with van der Waals surface area (Å²) in [6.07, 6.45) is -1.18. The molecular formula is C13H16N2O6. The summed E-state index contributed by atoms with van der Waals surface area (Å²) >= 11 is 0. The van der Waals surface area contributed by atoms with E-state index in [0.29, 0.717) is 11.5 Å². The van der Waals surface area contributed by atoms with Crippen LogP contribution < -0.4 is 20.5 Å². The number of rotatable bonds is 5. The van der Waals surface area contributed by atoms with Crippen molar-refractivity contribution in [2.24, 2.45) is 5.73 Å². The van der Waals surface area contributed by atoms with E-state index in [4.69, 9.17) is 19.9 Å². The molecule has 8 nitrogen and oxygen atoms in total. The average Bonchev–Trinajstić information content (AvgIpc) is 2.45. The molecule has 0 bridgehead atoms. The summed E-state index contributed by atoms with van der Waals surface area (Å²) in [7, 11) is 2.87. The van der Waals surface area contributed by atoms with E-state index < -0.39 is 24.0 Å². The second-order valence-corrected chi connectivity index (χ2v) is 4.00. The summed E-state index contributed by atoms with van der Waals surface area (Å²) in [5.74, 6) is -0.781. The molecular weight excluding hydrogens is 280 g/mol. The summed E-state index contributed by atoms with van der Waals surface area (Å²) in [5.41, 5.74) is 4.95. The molecule has 0 aliphatic carbocycles. The number of hydrogen-bond acceptors (Lipinski definition) is 6. The fraction of sp³-hybridized carbons (Fsp3) is 0.308. The number of carbonyl (C=O) groups excluding carboxylic acids is 3. The molecule has 0 aromatic heterocycles. The molecule has 0 spiro atoms. The van der Waals surface area contributed by atoms with Crippen molar-refractivity contribution < 1.29 is 28.6 Å². The number of amides is 3. The van der Waals surface area contributed by atoms with Gasteiger partial charge in [0.2, 0.25) is 0 Å². The van der Waals surface area contributed by atoms with Crippen LogP contribution in [0.15, 0.2) is 18.2 Å². The van der Waals surface area contributed by atoms with E-state index in [9.17, 15) is 14.4 Å². The van der Waals surface area contributed by atoms with Crippen LogP contribution in [0.25, 0.3) is 0 Å². The van der Waals surface area contributed by atoms with Gasteiger partial charge in [0.05, 0.1) is 19.8 Å². The maximum Gasteiger partial charge on any atom is 0.339 e. The molecule has 0 aliphatic heterocycles. The van der Waals surface area contributed by atoms with Gasteiger partial charge in [0.25, 0.3) is 5.91 Å². The Morgan fingerprint density at radius 3 is 2.05 bits per heavy atom. The van der Waals surface area contributed by atoms with E-state index >= 15 is 0 Å². The van der Waals surface area contributed by atoms with E-state index in [0.717, 1.165) is 0 Å². The highest BCUT2D eigenvalue weighted by molar-refractivity contribution is 5.98. The maximum absolute atomic E-state index is 12.0. The van der Waals surface area contributed by atoms with Crippen molar-refractivity contribution in [2.45, 2.75) is 13.0 Å². The largest absolute Gasteiger partial charge is 0.497 e. The van der Waals surface area contributed by atoms with E-state index in [1.54, 1.807) is 6.07 Å². The van der Waals surface area contributed by atoms with Crippen molar-refractivity contribution >= 4 is 17.9 Å². The Hall–Kier alpha value is -2.77. The Labute approximate surface area is 121 Å². The zero-order chi connectivity index (χ0) is 16.0. The van der Waals surface area contributed by atoms with Gasteiger partial charge in [-0.1, -0.05) is 0 Å². The van der Waals surface area contributed by atoms with Crippen LogP contribution >= 0.6 is 0 Å². The van der Waals surface area contributed by atoms with Gasteiger partial charge in [-0.25, -0.2) is 9.59 Å². The minimum Gasteiger partial charge on any atom is -0.497 e. The van der Waals surface area contributed by atoms with Gasteiger partial charge in [0.1, 0.15) is 11.5 Å². The van der Waals surface area contributed by atoms with Crippen LogP contribution in [0, 0.1) is 0 Å². The molecule has 1 aromatic carbocycles. The fourth-order valence-corrected chi connectivity index (χ4v) is 1.43. The molecule has 114 valence electrons. The number of nitrogens with one attached hydrogen (secondary N) is 1. The van der Waals surface area contributed by atoms with Gasteiger partial charge in [-0.2, -0.15) is 0 Å². The first-order valence-electron chi connectivity index (χ1n) is 5.91. The van der Waals surface area contributed by atoms with E-state index in [2.05, 4.69) is 0 Å². The number of imide groups is 1. The second kappa shape index (κ2) is 7.13.